The predicted octanol–water partition coefficient (Wildman–Crippen LogP) is 5.29. The molecule has 10 heteroatoms. The average Bonchev–Trinajstić information content (AvgIpc) is 3.46. The predicted molar refractivity (Wildman–Crippen MR) is 148 cm³/mol. The fourth-order valence-corrected chi connectivity index (χ4v) is 4.63. The number of methoxy groups -OCH3 is 1. The van der Waals surface area contributed by atoms with Crippen LogP contribution in [0.1, 0.15) is 34.3 Å². The molecule has 3 aromatic carbocycles. The van der Waals surface area contributed by atoms with Gasteiger partial charge in [-0.05, 0) is 73.4 Å². The molecule has 0 saturated carbocycles. The lowest BCUT2D eigenvalue weighted by atomic mass is 10.0. The van der Waals surface area contributed by atoms with Crippen LogP contribution in [0, 0.1) is 6.92 Å². The van der Waals surface area contributed by atoms with Gasteiger partial charge in [0, 0.05) is 18.7 Å². The summed E-state index contributed by atoms with van der Waals surface area (Å²) >= 11 is 0. The number of likely N-dealkylation sites (tertiary alicyclic amines) is 1. The summed E-state index contributed by atoms with van der Waals surface area (Å²) < 4.78 is 25.2. The highest BCUT2D eigenvalue weighted by Crippen LogP contribution is 2.26. The van der Waals surface area contributed by atoms with Crippen LogP contribution in [-0.2, 0) is 20.8 Å². The summed E-state index contributed by atoms with van der Waals surface area (Å²) in [5, 5.41) is 3.96. The zero-order chi connectivity index (χ0) is 28.6. The second-order valence-corrected chi connectivity index (χ2v) is 9.36. The van der Waals surface area contributed by atoms with E-state index in [0.29, 0.717) is 36.3 Å². The van der Waals surface area contributed by atoms with Crippen LogP contribution in [0.5, 0.6) is 5.75 Å². The molecule has 0 unspecified atom stereocenters. The third kappa shape index (κ3) is 6.83. The lowest BCUT2D eigenvalue weighted by molar-refractivity contribution is -0.133. The largest absolute Gasteiger partial charge is 0.465 e. The number of ketones is 1. The molecule has 0 aromatic heterocycles. The van der Waals surface area contributed by atoms with Crippen molar-refractivity contribution in [2.45, 2.75) is 38.7 Å². The Balaban J connectivity index is 1.33. The van der Waals surface area contributed by atoms with Crippen molar-refractivity contribution in [1.82, 2.24) is 4.90 Å². The Kier molecular flexibility index (Phi) is 9.47. The van der Waals surface area contributed by atoms with Crippen molar-refractivity contribution in [2.24, 2.45) is 0 Å². The van der Waals surface area contributed by atoms with E-state index in [9.17, 15) is 14.4 Å². The molecule has 1 heterocycles. The van der Waals surface area contributed by atoms with Gasteiger partial charge in [0.15, 0.2) is 5.78 Å². The number of carbonyl (C=O) groups excluding carboxylic acids is 3. The lowest BCUT2D eigenvalue weighted by Crippen LogP contribution is -2.44. The SMILES string of the molecule is COC(=O)c1ccc(O[C@@H](F)N2CCC[C@H]2C(=O)Cc2ccc(NC(=O)N(OC)c3ccccc3C)cc2)cc1. The number of esters is 1. The molecule has 3 aromatic rings. The number of anilines is 2. The van der Waals surface area contributed by atoms with E-state index in [0.717, 1.165) is 11.1 Å². The number of aryl methyl sites for hydroxylation is 1. The Labute approximate surface area is 232 Å². The Morgan fingerprint density at radius 1 is 1.02 bits per heavy atom. The fourth-order valence-electron chi connectivity index (χ4n) is 4.63. The monoisotopic (exact) mass is 549 g/mol. The molecule has 1 saturated heterocycles. The number of nitrogens with one attached hydrogen (secondary N) is 1. The van der Waals surface area contributed by atoms with Gasteiger partial charge in [-0.3, -0.25) is 9.63 Å². The van der Waals surface area contributed by atoms with E-state index >= 15 is 4.39 Å². The summed E-state index contributed by atoms with van der Waals surface area (Å²) in [6.07, 6.45) is 1.32. The maximum atomic E-state index is 15.1. The fraction of sp³-hybridized carbons (Fsp3) is 0.300. The number of urea groups is 1. The molecule has 4 rings (SSSR count). The van der Waals surface area contributed by atoms with Crippen molar-refractivity contribution in [3.63, 3.8) is 0 Å². The van der Waals surface area contributed by atoms with Gasteiger partial charge in [0.05, 0.1) is 31.5 Å². The maximum Gasteiger partial charge on any atom is 0.350 e. The maximum absolute atomic E-state index is 15.1. The number of carbonyl (C=O) groups is 3. The molecule has 1 aliphatic rings. The molecule has 9 nitrogen and oxygen atoms in total. The van der Waals surface area contributed by atoms with Crippen molar-refractivity contribution in [3.05, 3.63) is 89.5 Å². The zero-order valence-corrected chi connectivity index (χ0v) is 22.6. The lowest BCUT2D eigenvalue weighted by Gasteiger charge is -2.27. The number of para-hydroxylation sites is 1. The highest BCUT2D eigenvalue weighted by atomic mass is 19.1. The van der Waals surface area contributed by atoms with E-state index in [-0.39, 0.29) is 18.0 Å². The number of alkyl halides is 1. The smallest absolute Gasteiger partial charge is 0.350 e. The van der Waals surface area contributed by atoms with Crippen molar-refractivity contribution < 1.29 is 33.1 Å². The number of benzene rings is 3. The summed E-state index contributed by atoms with van der Waals surface area (Å²) in [6, 6.07) is 19.2. The van der Waals surface area contributed by atoms with Gasteiger partial charge in [0.2, 0.25) is 0 Å². The van der Waals surface area contributed by atoms with E-state index in [2.05, 4.69) is 10.1 Å². The normalized spacial score (nSPS) is 15.8. The molecule has 2 amide bonds. The van der Waals surface area contributed by atoms with Gasteiger partial charge >= 0.3 is 12.0 Å². The first-order valence-electron chi connectivity index (χ1n) is 12.9. The number of hydrogen-bond donors (Lipinski definition) is 1. The number of Topliss-reactive ketones (excluding diaryl/α,β-unsaturated/α-hetero) is 1. The second kappa shape index (κ2) is 13.2. The topological polar surface area (TPSA) is 97.4 Å². The Bertz CT molecular complexity index is 1330. The Morgan fingerprint density at radius 3 is 2.38 bits per heavy atom. The molecule has 0 aliphatic carbocycles. The van der Waals surface area contributed by atoms with E-state index in [4.69, 9.17) is 9.57 Å². The van der Waals surface area contributed by atoms with Crippen LogP contribution in [-0.4, -0.2) is 56.0 Å². The highest BCUT2D eigenvalue weighted by Gasteiger charge is 2.36. The molecular weight excluding hydrogens is 517 g/mol. The first kappa shape index (κ1) is 28.7. The minimum atomic E-state index is -1.81. The second-order valence-electron chi connectivity index (χ2n) is 9.36. The molecule has 0 spiro atoms. The first-order valence-corrected chi connectivity index (χ1v) is 12.9. The van der Waals surface area contributed by atoms with Crippen LogP contribution < -0.4 is 15.1 Å². The highest BCUT2D eigenvalue weighted by molar-refractivity contribution is 6.00. The van der Waals surface area contributed by atoms with Crippen molar-refractivity contribution in [2.75, 3.05) is 31.1 Å². The van der Waals surface area contributed by atoms with Crippen LogP contribution in [0.3, 0.4) is 0 Å². The summed E-state index contributed by atoms with van der Waals surface area (Å²) in [5.41, 5.74) is 3.11. The van der Waals surface area contributed by atoms with E-state index in [1.54, 1.807) is 30.3 Å². The molecule has 1 fully saturated rings. The van der Waals surface area contributed by atoms with Crippen LogP contribution in [0.15, 0.2) is 72.8 Å². The molecule has 2 atom stereocenters. The van der Waals surface area contributed by atoms with Gasteiger partial charge < -0.3 is 14.8 Å². The van der Waals surface area contributed by atoms with E-state index < -0.39 is 24.5 Å². The van der Waals surface area contributed by atoms with E-state index in [1.807, 2.05) is 25.1 Å². The van der Waals surface area contributed by atoms with Gasteiger partial charge in [0.1, 0.15) is 5.75 Å². The number of hydroxylamine groups is 1. The molecular formula is C30H32FN3O6. The quantitative estimate of drug-likeness (QED) is 0.209. The van der Waals surface area contributed by atoms with Gasteiger partial charge in [-0.15, -0.1) is 0 Å². The number of rotatable bonds is 10. The number of nitrogens with zero attached hydrogens (tertiary/aromatic N) is 2. The Hall–Kier alpha value is -4.28. The van der Waals surface area contributed by atoms with Crippen LogP contribution >= 0.6 is 0 Å². The van der Waals surface area contributed by atoms with Crippen molar-refractivity contribution in [1.29, 1.82) is 0 Å². The molecule has 210 valence electrons. The Morgan fingerprint density at radius 2 is 1.73 bits per heavy atom. The molecule has 1 aliphatic heterocycles. The van der Waals surface area contributed by atoms with Crippen LogP contribution in [0.25, 0.3) is 0 Å². The number of halogens is 1. The number of amides is 2. The molecule has 1 N–H and O–H groups in total. The minimum absolute atomic E-state index is 0.114. The third-order valence-corrected chi connectivity index (χ3v) is 6.72. The van der Waals surface area contributed by atoms with E-state index in [1.165, 1.54) is 48.4 Å². The number of ether oxygens (including phenoxy) is 2. The van der Waals surface area contributed by atoms with Crippen LogP contribution in [0.2, 0.25) is 0 Å². The first-order chi connectivity index (χ1) is 19.3. The standard InChI is InChI=1S/C30H32FN3O6/c1-20-7-4-5-8-25(20)34(39-3)30(37)32-23-14-10-21(11-15-23)19-27(35)26-9-6-18-33(26)29(31)40-24-16-12-22(13-17-24)28(36)38-2/h4-5,7-8,10-17,26,29H,6,9,18-19H2,1-3H3,(H,32,37)/t26-,29-/m0/s1. The summed E-state index contributed by atoms with van der Waals surface area (Å²) in [6.45, 7) is 0.460. The summed E-state index contributed by atoms with van der Waals surface area (Å²) in [7, 11) is 2.70. The summed E-state index contributed by atoms with van der Waals surface area (Å²) in [5.74, 6) is -0.375. The van der Waals surface area contributed by atoms with Crippen molar-refractivity contribution in [3.8, 4) is 5.75 Å². The van der Waals surface area contributed by atoms with Gasteiger partial charge in [0.25, 0.3) is 6.48 Å². The van der Waals surface area contributed by atoms with Crippen LogP contribution in [0.4, 0.5) is 20.6 Å². The molecule has 0 bridgehead atoms. The van der Waals surface area contributed by atoms with Crippen molar-refractivity contribution >= 4 is 29.2 Å². The number of hydrogen-bond acceptors (Lipinski definition) is 7. The van der Waals surface area contributed by atoms with Gasteiger partial charge in [-0.1, -0.05) is 30.3 Å². The minimum Gasteiger partial charge on any atom is -0.465 e. The molecule has 40 heavy (non-hydrogen) atoms. The summed E-state index contributed by atoms with van der Waals surface area (Å²) in [4.78, 5) is 44.2. The third-order valence-electron chi connectivity index (χ3n) is 6.72. The van der Waals surface area contributed by atoms with Gasteiger partial charge in [-0.25, -0.2) is 14.5 Å². The molecule has 0 radical (unpaired) electrons. The van der Waals surface area contributed by atoms with Gasteiger partial charge in [-0.2, -0.15) is 9.45 Å². The zero-order valence-electron chi connectivity index (χ0n) is 22.6. The average molecular weight is 550 g/mol.